The summed E-state index contributed by atoms with van der Waals surface area (Å²) in [5, 5.41) is 3.39. The van der Waals surface area contributed by atoms with Gasteiger partial charge in [-0.15, -0.1) is 11.3 Å². The van der Waals surface area contributed by atoms with E-state index in [4.69, 9.17) is 9.47 Å². The highest BCUT2D eigenvalue weighted by Gasteiger charge is 2.25. The summed E-state index contributed by atoms with van der Waals surface area (Å²) >= 11 is 8.69. The number of morpholine rings is 1. The van der Waals surface area contributed by atoms with Gasteiger partial charge in [0.25, 0.3) is 0 Å². The number of carbonyl (C=O) groups is 1. The van der Waals surface area contributed by atoms with Gasteiger partial charge >= 0.3 is 6.09 Å². The summed E-state index contributed by atoms with van der Waals surface area (Å²) in [4.78, 5) is 15.2. The Morgan fingerprint density at radius 2 is 2.15 bits per heavy atom. The lowest BCUT2D eigenvalue weighted by molar-refractivity contribution is -0.0271. The van der Waals surface area contributed by atoms with Gasteiger partial charge in [-0.3, -0.25) is 0 Å². The molecule has 140 valence electrons. The molecule has 3 rings (SSSR count). The molecule has 0 bridgehead atoms. The first-order chi connectivity index (χ1) is 12.6. The van der Waals surface area contributed by atoms with Crippen LogP contribution in [0, 0.1) is 0 Å². The molecule has 0 radical (unpaired) electrons. The number of nitrogens with one attached hydrogen (secondary N) is 1. The van der Waals surface area contributed by atoms with Gasteiger partial charge in [0.05, 0.1) is 23.0 Å². The number of ether oxygens (including phenoxy) is 2. The molecule has 5 nitrogen and oxygen atoms in total. The van der Waals surface area contributed by atoms with Gasteiger partial charge in [-0.2, -0.15) is 0 Å². The average molecular weight is 504 g/mol. The zero-order chi connectivity index (χ0) is 18.4. The smallest absolute Gasteiger partial charge is 0.410 e. The molecule has 0 aliphatic carbocycles. The molecule has 26 heavy (non-hydrogen) atoms. The number of rotatable bonds is 6. The van der Waals surface area contributed by atoms with Crippen LogP contribution in [0.3, 0.4) is 0 Å². The number of halogens is 2. The van der Waals surface area contributed by atoms with Gasteiger partial charge in [-0.05, 0) is 43.5 Å². The Labute approximate surface area is 173 Å². The maximum atomic E-state index is 12.3. The molecule has 1 aromatic heterocycles. The van der Waals surface area contributed by atoms with Crippen LogP contribution in [0.4, 0.5) is 4.79 Å². The molecule has 1 aromatic carbocycles. The van der Waals surface area contributed by atoms with Crippen molar-refractivity contribution in [2.75, 3.05) is 26.2 Å². The predicted octanol–water partition coefficient (Wildman–Crippen LogP) is 4.40. The van der Waals surface area contributed by atoms with Gasteiger partial charge in [0.1, 0.15) is 6.61 Å². The Morgan fingerprint density at radius 1 is 1.35 bits per heavy atom. The zero-order valence-corrected chi connectivity index (χ0v) is 18.1. The second-order valence-electron chi connectivity index (χ2n) is 5.94. The first kappa shape index (κ1) is 19.8. The normalized spacial score (nSPS) is 17.3. The van der Waals surface area contributed by atoms with E-state index in [1.54, 1.807) is 16.2 Å². The van der Waals surface area contributed by atoms with Crippen LogP contribution in [-0.2, 0) is 22.6 Å². The maximum absolute atomic E-state index is 12.3. The third kappa shape index (κ3) is 5.79. The SMILES string of the molecule is O=C(OCc1ccccc1)N1CCOC(CNCc2cc(Br)c(Br)s2)C1. The molecule has 2 aromatic rings. The lowest BCUT2D eigenvalue weighted by atomic mass is 10.2. The summed E-state index contributed by atoms with van der Waals surface area (Å²) < 4.78 is 13.3. The molecule has 1 aliphatic rings. The molecule has 2 heterocycles. The topological polar surface area (TPSA) is 50.8 Å². The molecule has 0 saturated carbocycles. The van der Waals surface area contributed by atoms with Crippen LogP contribution in [-0.4, -0.2) is 43.3 Å². The van der Waals surface area contributed by atoms with Gasteiger partial charge in [0.15, 0.2) is 0 Å². The van der Waals surface area contributed by atoms with Crippen molar-refractivity contribution < 1.29 is 14.3 Å². The average Bonchev–Trinajstić information content (AvgIpc) is 2.98. The maximum Gasteiger partial charge on any atom is 0.410 e. The second kappa shape index (κ2) is 9.85. The summed E-state index contributed by atoms with van der Waals surface area (Å²) in [6, 6.07) is 11.8. The van der Waals surface area contributed by atoms with E-state index in [1.807, 2.05) is 30.3 Å². The van der Waals surface area contributed by atoms with E-state index >= 15 is 0 Å². The lowest BCUT2D eigenvalue weighted by Crippen LogP contribution is -2.49. The first-order valence-corrected chi connectivity index (χ1v) is 10.7. The highest BCUT2D eigenvalue weighted by atomic mass is 79.9. The molecule has 1 unspecified atom stereocenters. The number of hydrogen-bond donors (Lipinski definition) is 1. The Balaban J connectivity index is 1.41. The lowest BCUT2D eigenvalue weighted by Gasteiger charge is -2.32. The van der Waals surface area contributed by atoms with Crippen molar-refractivity contribution in [3.63, 3.8) is 0 Å². The molecule has 1 N–H and O–H groups in total. The minimum atomic E-state index is -0.284. The van der Waals surface area contributed by atoms with Crippen molar-refractivity contribution in [1.82, 2.24) is 10.2 Å². The molecule has 1 saturated heterocycles. The fourth-order valence-corrected chi connectivity index (χ4v) is 4.80. The van der Waals surface area contributed by atoms with Crippen molar-refractivity contribution >= 4 is 49.3 Å². The third-order valence-electron chi connectivity index (χ3n) is 3.97. The highest BCUT2D eigenvalue weighted by Crippen LogP contribution is 2.32. The summed E-state index contributed by atoms with van der Waals surface area (Å²) in [7, 11) is 0. The molecule has 1 aliphatic heterocycles. The Morgan fingerprint density at radius 3 is 2.88 bits per heavy atom. The van der Waals surface area contributed by atoms with Gasteiger partial charge < -0.3 is 19.7 Å². The Hall–Kier alpha value is -0.930. The van der Waals surface area contributed by atoms with E-state index in [9.17, 15) is 4.79 Å². The largest absolute Gasteiger partial charge is 0.445 e. The molecular formula is C18H20Br2N2O3S. The van der Waals surface area contributed by atoms with Crippen molar-refractivity contribution in [1.29, 1.82) is 0 Å². The number of amides is 1. The summed E-state index contributed by atoms with van der Waals surface area (Å²) in [5.74, 6) is 0. The van der Waals surface area contributed by atoms with Gasteiger partial charge in [-0.25, -0.2) is 4.79 Å². The van der Waals surface area contributed by atoms with Crippen molar-refractivity contribution in [3.05, 3.63) is 55.1 Å². The van der Waals surface area contributed by atoms with E-state index in [0.29, 0.717) is 32.8 Å². The minimum Gasteiger partial charge on any atom is -0.445 e. The van der Waals surface area contributed by atoms with Crippen LogP contribution in [0.2, 0.25) is 0 Å². The standard InChI is InChI=1S/C18H20Br2N2O3S/c19-16-8-15(26-17(16)20)10-21-9-14-11-22(6-7-24-14)18(23)25-12-13-4-2-1-3-5-13/h1-5,8,14,21H,6-7,9-12H2. The Kier molecular flexibility index (Phi) is 7.51. The van der Waals surface area contributed by atoms with Crippen LogP contribution in [0.5, 0.6) is 0 Å². The van der Waals surface area contributed by atoms with E-state index in [1.165, 1.54) is 4.88 Å². The number of benzene rings is 1. The number of hydrogen-bond acceptors (Lipinski definition) is 5. The Bertz CT molecular complexity index is 707. The van der Waals surface area contributed by atoms with Crippen LogP contribution in [0.15, 0.2) is 44.7 Å². The molecule has 1 fully saturated rings. The quantitative estimate of drug-likeness (QED) is 0.634. The van der Waals surface area contributed by atoms with Crippen LogP contribution < -0.4 is 5.32 Å². The fourth-order valence-electron chi connectivity index (χ4n) is 2.65. The van der Waals surface area contributed by atoms with Gasteiger partial charge in [-0.1, -0.05) is 30.3 Å². The second-order valence-corrected chi connectivity index (χ2v) is 9.25. The van der Waals surface area contributed by atoms with Crippen LogP contribution >= 0.6 is 43.2 Å². The van der Waals surface area contributed by atoms with Crippen molar-refractivity contribution in [2.45, 2.75) is 19.3 Å². The molecule has 0 spiro atoms. The summed E-state index contributed by atoms with van der Waals surface area (Å²) in [5.41, 5.74) is 0.987. The third-order valence-corrected chi connectivity index (χ3v) is 7.23. The minimum absolute atomic E-state index is 0.0279. The van der Waals surface area contributed by atoms with Crippen molar-refractivity contribution in [3.8, 4) is 0 Å². The first-order valence-electron chi connectivity index (χ1n) is 8.33. The van der Waals surface area contributed by atoms with E-state index in [-0.39, 0.29) is 12.2 Å². The molecule has 1 amide bonds. The monoisotopic (exact) mass is 502 g/mol. The molecule has 8 heteroatoms. The number of nitrogens with zero attached hydrogens (tertiary/aromatic N) is 1. The van der Waals surface area contributed by atoms with Gasteiger partial charge in [0, 0.05) is 29.0 Å². The van der Waals surface area contributed by atoms with Gasteiger partial charge in [0.2, 0.25) is 0 Å². The fraction of sp³-hybridized carbons (Fsp3) is 0.389. The number of carbonyl (C=O) groups excluding carboxylic acids is 1. The zero-order valence-electron chi connectivity index (χ0n) is 14.1. The van der Waals surface area contributed by atoms with E-state index < -0.39 is 0 Å². The van der Waals surface area contributed by atoms with E-state index in [0.717, 1.165) is 20.4 Å². The van der Waals surface area contributed by atoms with Crippen LogP contribution in [0.25, 0.3) is 0 Å². The summed E-state index contributed by atoms with van der Waals surface area (Å²) in [6.07, 6.45) is -0.312. The summed E-state index contributed by atoms with van der Waals surface area (Å²) in [6.45, 7) is 3.39. The highest BCUT2D eigenvalue weighted by molar-refractivity contribution is 9.13. The van der Waals surface area contributed by atoms with E-state index in [2.05, 4.69) is 43.2 Å². The predicted molar refractivity (Wildman–Crippen MR) is 109 cm³/mol. The number of thiophene rings is 1. The molecular weight excluding hydrogens is 484 g/mol. The van der Waals surface area contributed by atoms with Crippen molar-refractivity contribution in [2.24, 2.45) is 0 Å². The molecule has 1 atom stereocenters. The van der Waals surface area contributed by atoms with Crippen LogP contribution in [0.1, 0.15) is 10.4 Å².